The van der Waals surface area contributed by atoms with Gasteiger partial charge in [-0.25, -0.2) is 0 Å². The fourth-order valence-corrected chi connectivity index (χ4v) is 3.09. The van der Waals surface area contributed by atoms with Gasteiger partial charge in [0.25, 0.3) is 0 Å². The molecule has 0 bridgehead atoms. The number of hydrogen-bond donors (Lipinski definition) is 1. The number of nitrogens with one attached hydrogen (secondary N) is 1. The van der Waals surface area contributed by atoms with Crippen molar-refractivity contribution < 1.29 is 4.74 Å². The van der Waals surface area contributed by atoms with Gasteiger partial charge in [-0.3, -0.25) is 4.90 Å². The van der Waals surface area contributed by atoms with Crippen LogP contribution < -0.4 is 5.32 Å². The van der Waals surface area contributed by atoms with Gasteiger partial charge in [0, 0.05) is 26.2 Å². The van der Waals surface area contributed by atoms with E-state index in [1.165, 1.54) is 9.35 Å². The van der Waals surface area contributed by atoms with Crippen LogP contribution in [0.2, 0.25) is 0 Å². The van der Waals surface area contributed by atoms with Crippen molar-refractivity contribution in [3.05, 3.63) is 20.8 Å². The number of thiophene rings is 1. The summed E-state index contributed by atoms with van der Waals surface area (Å²) in [5.41, 5.74) is 1.36. The van der Waals surface area contributed by atoms with Crippen LogP contribution in [0.3, 0.4) is 0 Å². The zero-order valence-corrected chi connectivity index (χ0v) is 11.8. The quantitative estimate of drug-likeness (QED) is 0.920. The molecule has 16 heavy (non-hydrogen) atoms. The van der Waals surface area contributed by atoms with Gasteiger partial charge >= 0.3 is 0 Å². The lowest BCUT2D eigenvalue weighted by Gasteiger charge is -2.27. The maximum absolute atomic E-state index is 5.68. The van der Waals surface area contributed by atoms with Crippen LogP contribution in [-0.2, 0) is 11.3 Å². The van der Waals surface area contributed by atoms with E-state index >= 15 is 0 Å². The van der Waals surface area contributed by atoms with Crippen molar-refractivity contribution in [3.63, 3.8) is 0 Å². The molecule has 2 heterocycles. The van der Waals surface area contributed by atoms with E-state index in [0.29, 0.717) is 6.10 Å². The Bertz CT molecular complexity index is 326. The highest BCUT2D eigenvalue weighted by Gasteiger charge is 2.15. The summed E-state index contributed by atoms with van der Waals surface area (Å²) >= 11 is 5.22. The molecule has 1 saturated heterocycles. The van der Waals surface area contributed by atoms with Crippen LogP contribution in [0.15, 0.2) is 15.2 Å². The normalized spacial score (nSPS) is 21.6. The van der Waals surface area contributed by atoms with Gasteiger partial charge in [-0.15, -0.1) is 11.3 Å². The summed E-state index contributed by atoms with van der Waals surface area (Å²) in [6.07, 6.45) is 0.334. The van der Waals surface area contributed by atoms with Crippen LogP contribution in [-0.4, -0.2) is 44.3 Å². The number of hydrogen-bond acceptors (Lipinski definition) is 4. The van der Waals surface area contributed by atoms with Crippen LogP contribution in [0.25, 0.3) is 0 Å². The van der Waals surface area contributed by atoms with Crippen LogP contribution >= 0.6 is 27.3 Å². The second-order valence-electron chi connectivity index (χ2n) is 4.15. The SMILES string of the molecule is CN(Cc1csc(Br)c1)CC1CNCCO1. The molecule has 0 spiro atoms. The summed E-state index contributed by atoms with van der Waals surface area (Å²) < 4.78 is 6.88. The first kappa shape index (κ1) is 12.5. The number of morpholine rings is 1. The topological polar surface area (TPSA) is 24.5 Å². The van der Waals surface area contributed by atoms with Crippen LogP contribution in [0, 0.1) is 0 Å². The summed E-state index contributed by atoms with van der Waals surface area (Å²) in [7, 11) is 2.14. The van der Waals surface area contributed by atoms with Gasteiger partial charge in [0.05, 0.1) is 16.5 Å². The Hall–Kier alpha value is 0.0600. The molecule has 0 aromatic carbocycles. The second kappa shape index (κ2) is 6.12. The highest BCUT2D eigenvalue weighted by atomic mass is 79.9. The molecule has 1 aliphatic rings. The first-order valence-electron chi connectivity index (χ1n) is 5.48. The van der Waals surface area contributed by atoms with Crippen molar-refractivity contribution in [2.45, 2.75) is 12.6 Å². The summed E-state index contributed by atoms with van der Waals surface area (Å²) in [6, 6.07) is 2.18. The highest BCUT2D eigenvalue weighted by molar-refractivity contribution is 9.11. The first-order chi connectivity index (χ1) is 7.74. The first-order valence-corrected chi connectivity index (χ1v) is 7.15. The largest absolute Gasteiger partial charge is 0.374 e. The Morgan fingerprint density at radius 2 is 2.56 bits per heavy atom. The number of ether oxygens (including phenoxy) is 1. The minimum absolute atomic E-state index is 0.334. The van der Waals surface area contributed by atoms with Gasteiger partial charge < -0.3 is 10.1 Å². The second-order valence-corrected chi connectivity index (χ2v) is 6.44. The maximum Gasteiger partial charge on any atom is 0.0826 e. The predicted octanol–water partition coefficient (Wildman–Crippen LogP) is 1.93. The molecule has 0 aliphatic carbocycles. The molecule has 5 heteroatoms. The molecule has 2 rings (SSSR count). The van der Waals surface area contributed by atoms with Gasteiger partial charge in [-0.1, -0.05) is 0 Å². The van der Waals surface area contributed by atoms with Crippen molar-refractivity contribution in [2.24, 2.45) is 0 Å². The average molecular weight is 305 g/mol. The highest BCUT2D eigenvalue weighted by Crippen LogP contribution is 2.21. The van der Waals surface area contributed by atoms with E-state index in [-0.39, 0.29) is 0 Å². The Labute approximate surface area is 109 Å². The third kappa shape index (κ3) is 3.82. The van der Waals surface area contributed by atoms with Crippen molar-refractivity contribution in [2.75, 3.05) is 33.3 Å². The molecule has 90 valence electrons. The third-order valence-electron chi connectivity index (χ3n) is 2.59. The lowest BCUT2D eigenvalue weighted by Crippen LogP contribution is -2.44. The lowest BCUT2D eigenvalue weighted by atomic mass is 10.2. The molecule has 0 saturated carbocycles. The smallest absolute Gasteiger partial charge is 0.0826 e. The molecule has 0 amide bonds. The van der Waals surface area contributed by atoms with Gasteiger partial charge in [0.2, 0.25) is 0 Å². The summed E-state index contributed by atoms with van der Waals surface area (Å²) in [5.74, 6) is 0. The lowest BCUT2D eigenvalue weighted by molar-refractivity contribution is 0.00886. The Balaban J connectivity index is 1.77. The Morgan fingerprint density at radius 1 is 1.69 bits per heavy atom. The predicted molar refractivity (Wildman–Crippen MR) is 71.0 cm³/mol. The van der Waals surface area contributed by atoms with E-state index in [4.69, 9.17) is 4.74 Å². The Morgan fingerprint density at radius 3 is 3.19 bits per heavy atom. The fourth-order valence-electron chi connectivity index (χ4n) is 1.89. The third-order valence-corrected chi connectivity index (χ3v) is 4.15. The van der Waals surface area contributed by atoms with E-state index < -0.39 is 0 Å². The molecule has 3 nitrogen and oxygen atoms in total. The van der Waals surface area contributed by atoms with E-state index in [0.717, 1.165) is 32.8 Å². The minimum Gasteiger partial charge on any atom is -0.374 e. The molecule has 1 aromatic rings. The zero-order valence-electron chi connectivity index (χ0n) is 9.41. The van der Waals surface area contributed by atoms with E-state index in [2.05, 4.69) is 44.6 Å². The Kier molecular flexibility index (Phi) is 4.79. The van der Waals surface area contributed by atoms with Crippen molar-refractivity contribution in [1.29, 1.82) is 0 Å². The molecular formula is C11H17BrN2OS. The van der Waals surface area contributed by atoms with Crippen molar-refractivity contribution in [3.8, 4) is 0 Å². The van der Waals surface area contributed by atoms with E-state index in [9.17, 15) is 0 Å². The van der Waals surface area contributed by atoms with E-state index in [1.54, 1.807) is 11.3 Å². The van der Waals surface area contributed by atoms with Crippen molar-refractivity contribution >= 4 is 27.3 Å². The maximum atomic E-state index is 5.68. The van der Waals surface area contributed by atoms with Crippen LogP contribution in [0.5, 0.6) is 0 Å². The van der Waals surface area contributed by atoms with Crippen molar-refractivity contribution in [1.82, 2.24) is 10.2 Å². The molecule has 1 aliphatic heterocycles. The molecule has 1 atom stereocenters. The van der Waals surface area contributed by atoms with Crippen LogP contribution in [0.1, 0.15) is 5.56 Å². The van der Waals surface area contributed by atoms with E-state index in [1.807, 2.05) is 0 Å². The standard InChI is InChI=1S/C11H17BrN2OS/c1-14(6-9-4-11(12)16-8-9)7-10-5-13-2-3-15-10/h4,8,10,13H,2-3,5-7H2,1H3. The molecule has 1 unspecified atom stereocenters. The number of halogens is 1. The molecular weight excluding hydrogens is 288 g/mol. The average Bonchev–Trinajstić information content (AvgIpc) is 2.65. The summed E-state index contributed by atoms with van der Waals surface area (Å²) in [4.78, 5) is 2.31. The number of likely N-dealkylation sites (N-methyl/N-ethyl adjacent to an activating group) is 1. The number of rotatable bonds is 4. The molecule has 1 aromatic heterocycles. The van der Waals surface area contributed by atoms with Gasteiger partial charge in [-0.2, -0.15) is 0 Å². The van der Waals surface area contributed by atoms with Gasteiger partial charge in [0.1, 0.15) is 0 Å². The summed E-state index contributed by atoms with van der Waals surface area (Å²) in [5, 5.41) is 5.55. The van der Waals surface area contributed by atoms with Gasteiger partial charge in [0.15, 0.2) is 0 Å². The molecule has 1 N–H and O–H groups in total. The number of nitrogens with zero attached hydrogens (tertiary/aromatic N) is 1. The summed E-state index contributed by atoms with van der Waals surface area (Å²) in [6.45, 7) is 4.76. The van der Waals surface area contributed by atoms with Gasteiger partial charge in [-0.05, 0) is 40.0 Å². The zero-order chi connectivity index (χ0) is 11.4. The fraction of sp³-hybridized carbons (Fsp3) is 0.636. The molecule has 0 radical (unpaired) electrons. The molecule has 1 fully saturated rings. The van der Waals surface area contributed by atoms with Crippen LogP contribution in [0.4, 0.5) is 0 Å². The monoisotopic (exact) mass is 304 g/mol. The minimum atomic E-state index is 0.334.